The molecule has 0 aromatic heterocycles. The van der Waals surface area contributed by atoms with Crippen molar-refractivity contribution in [2.45, 2.75) is 37.9 Å². The molecule has 30 heavy (non-hydrogen) atoms. The van der Waals surface area contributed by atoms with E-state index >= 15 is 0 Å². The van der Waals surface area contributed by atoms with E-state index in [2.05, 4.69) is 10.4 Å². The molecule has 2 aromatic rings. The molecule has 0 saturated heterocycles. The largest absolute Gasteiger partial charge is 0.350 e. The summed E-state index contributed by atoms with van der Waals surface area (Å²) in [6.45, 7) is 0.313. The maximum atomic E-state index is 13.8. The maximum absolute atomic E-state index is 13.8. The van der Waals surface area contributed by atoms with Crippen LogP contribution in [0.3, 0.4) is 0 Å². The molecule has 6 nitrogen and oxygen atoms in total. The predicted molar refractivity (Wildman–Crippen MR) is 105 cm³/mol. The van der Waals surface area contributed by atoms with E-state index in [0.29, 0.717) is 12.6 Å². The monoisotopic (exact) mass is 418 g/mol. The summed E-state index contributed by atoms with van der Waals surface area (Å²) in [6.07, 6.45) is 1.32. The summed E-state index contributed by atoms with van der Waals surface area (Å²) < 4.78 is 40.2. The maximum Gasteiger partial charge on any atom is 0.245 e. The summed E-state index contributed by atoms with van der Waals surface area (Å²) >= 11 is 0. The van der Waals surface area contributed by atoms with Gasteiger partial charge in [-0.15, -0.1) is 0 Å². The van der Waals surface area contributed by atoms with Gasteiger partial charge in [-0.05, 0) is 23.6 Å². The Hall–Kier alpha value is -3.20. The van der Waals surface area contributed by atoms with Crippen molar-refractivity contribution in [2.75, 3.05) is 0 Å². The van der Waals surface area contributed by atoms with Crippen molar-refractivity contribution in [1.29, 1.82) is 0 Å². The van der Waals surface area contributed by atoms with E-state index in [1.54, 1.807) is 0 Å². The average Bonchev–Trinajstić information content (AvgIpc) is 3.21. The third-order valence-electron chi connectivity index (χ3n) is 4.71. The number of nitrogens with two attached hydrogens (primary N) is 1. The van der Waals surface area contributed by atoms with Gasteiger partial charge in [0.25, 0.3) is 0 Å². The molecule has 0 spiro atoms. The summed E-state index contributed by atoms with van der Waals surface area (Å²) in [6, 6.07) is 8.82. The third-order valence-corrected chi connectivity index (χ3v) is 4.71. The molecule has 2 aromatic carbocycles. The lowest BCUT2D eigenvalue weighted by atomic mass is 10.0. The van der Waals surface area contributed by atoms with E-state index in [-0.39, 0.29) is 30.7 Å². The van der Waals surface area contributed by atoms with Gasteiger partial charge >= 0.3 is 0 Å². The minimum atomic E-state index is -1.29. The summed E-state index contributed by atoms with van der Waals surface area (Å²) in [7, 11) is 0. The van der Waals surface area contributed by atoms with Gasteiger partial charge in [0.15, 0.2) is 11.6 Å². The topological polar surface area (TPSA) is 87.8 Å². The van der Waals surface area contributed by atoms with Crippen LogP contribution in [0.4, 0.5) is 13.2 Å². The predicted octanol–water partition coefficient (Wildman–Crippen LogP) is 2.27. The fourth-order valence-corrected chi connectivity index (χ4v) is 3.17. The molecule has 1 unspecified atom stereocenters. The van der Waals surface area contributed by atoms with Crippen LogP contribution < -0.4 is 11.1 Å². The molecule has 3 N–H and O–H groups in total. The Kier molecular flexibility index (Phi) is 6.83. The van der Waals surface area contributed by atoms with Crippen LogP contribution >= 0.6 is 0 Å². The van der Waals surface area contributed by atoms with Crippen LogP contribution in [0.1, 0.15) is 24.0 Å². The second kappa shape index (κ2) is 9.53. The number of amides is 2. The SMILES string of the molecule is N[C@@H](CC(=O)N1N=CCC1C(=O)NCc1ccccc1)Cc1cc(F)c(F)cc1F. The Morgan fingerprint density at radius 2 is 1.83 bits per heavy atom. The molecule has 1 heterocycles. The standard InChI is InChI=1S/C21H21F3N4O2/c22-16-11-18(24)17(23)9-14(16)8-15(25)10-20(29)28-19(6-7-27-28)21(30)26-12-13-4-2-1-3-5-13/h1-5,7,9,11,15,19H,6,8,10,12,25H2,(H,26,30)/t15-,19?/m1/s1. The van der Waals surface area contributed by atoms with Crippen LogP contribution in [-0.4, -0.2) is 35.1 Å². The van der Waals surface area contributed by atoms with Crippen LogP contribution in [0.15, 0.2) is 47.6 Å². The lowest BCUT2D eigenvalue weighted by Gasteiger charge is -2.23. The minimum absolute atomic E-state index is 0.128. The normalized spacial score (nSPS) is 16.5. The van der Waals surface area contributed by atoms with Crippen LogP contribution in [0, 0.1) is 17.5 Å². The van der Waals surface area contributed by atoms with Crippen molar-refractivity contribution < 1.29 is 22.8 Å². The van der Waals surface area contributed by atoms with Crippen molar-refractivity contribution in [2.24, 2.45) is 10.8 Å². The molecule has 1 aliphatic rings. The fraction of sp³-hybridized carbons (Fsp3) is 0.286. The number of carbonyl (C=O) groups excluding carboxylic acids is 2. The van der Waals surface area contributed by atoms with Gasteiger partial charge in [0.05, 0.1) is 0 Å². The number of carbonyl (C=O) groups is 2. The Labute approximate surface area is 171 Å². The molecular formula is C21H21F3N4O2. The fourth-order valence-electron chi connectivity index (χ4n) is 3.17. The van der Waals surface area contributed by atoms with Gasteiger partial charge in [0.1, 0.15) is 11.9 Å². The number of nitrogens with one attached hydrogen (secondary N) is 1. The van der Waals surface area contributed by atoms with Gasteiger partial charge in [-0.3, -0.25) is 9.59 Å². The van der Waals surface area contributed by atoms with E-state index in [1.165, 1.54) is 6.21 Å². The molecular weight excluding hydrogens is 397 g/mol. The van der Waals surface area contributed by atoms with E-state index in [0.717, 1.165) is 16.6 Å². The van der Waals surface area contributed by atoms with Crippen molar-refractivity contribution in [1.82, 2.24) is 10.3 Å². The van der Waals surface area contributed by atoms with Crippen molar-refractivity contribution in [3.63, 3.8) is 0 Å². The smallest absolute Gasteiger partial charge is 0.245 e. The lowest BCUT2D eigenvalue weighted by molar-refractivity contribution is -0.139. The van der Waals surface area contributed by atoms with Gasteiger partial charge in [-0.2, -0.15) is 5.10 Å². The number of benzene rings is 2. The van der Waals surface area contributed by atoms with Gasteiger partial charge in [-0.25, -0.2) is 18.2 Å². The average molecular weight is 418 g/mol. The molecule has 0 radical (unpaired) electrons. The molecule has 0 fully saturated rings. The molecule has 2 amide bonds. The first-order valence-electron chi connectivity index (χ1n) is 9.40. The van der Waals surface area contributed by atoms with Crippen LogP contribution in [-0.2, 0) is 22.6 Å². The summed E-state index contributed by atoms with van der Waals surface area (Å²) in [5.41, 5.74) is 6.69. The number of hydrogen-bond acceptors (Lipinski definition) is 4. The molecule has 158 valence electrons. The molecule has 9 heteroatoms. The molecule has 1 aliphatic heterocycles. The number of hydrogen-bond donors (Lipinski definition) is 2. The first kappa shape index (κ1) is 21.5. The van der Waals surface area contributed by atoms with Gasteiger partial charge < -0.3 is 11.1 Å². The van der Waals surface area contributed by atoms with Gasteiger partial charge in [0.2, 0.25) is 11.8 Å². The quantitative estimate of drug-likeness (QED) is 0.677. The Morgan fingerprint density at radius 1 is 1.13 bits per heavy atom. The highest BCUT2D eigenvalue weighted by Gasteiger charge is 2.33. The molecule has 0 bridgehead atoms. The second-order valence-corrected chi connectivity index (χ2v) is 7.02. The Balaban J connectivity index is 1.56. The summed E-state index contributed by atoms with van der Waals surface area (Å²) in [5.74, 6) is -4.29. The highest BCUT2D eigenvalue weighted by atomic mass is 19.2. The number of rotatable bonds is 7. The Morgan fingerprint density at radius 3 is 2.57 bits per heavy atom. The van der Waals surface area contributed by atoms with Gasteiger partial charge in [0, 0.05) is 37.7 Å². The highest BCUT2D eigenvalue weighted by molar-refractivity contribution is 5.92. The van der Waals surface area contributed by atoms with Crippen molar-refractivity contribution in [3.05, 3.63) is 71.0 Å². The molecule has 0 saturated carbocycles. The second-order valence-electron chi connectivity index (χ2n) is 7.02. The summed E-state index contributed by atoms with van der Waals surface area (Å²) in [5, 5.41) is 7.78. The summed E-state index contributed by atoms with van der Waals surface area (Å²) in [4.78, 5) is 25.0. The van der Waals surface area contributed by atoms with E-state index in [9.17, 15) is 22.8 Å². The zero-order valence-corrected chi connectivity index (χ0v) is 16.0. The minimum Gasteiger partial charge on any atom is -0.350 e. The molecule has 2 atom stereocenters. The van der Waals surface area contributed by atoms with Gasteiger partial charge in [-0.1, -0.05) is 30.3 Å². The Bertz CT molecular complexity index is 953. The van der Waals surface area contributed by atoms with Crippen molar-refractivity contribution in [3.8, 4) is 0 Å². The number of halogens is 3. The lowest BCUT2D eigenvalue weighted by Crippen LogP contribution is -2.46. The zero-order valence-electron chi connectivity index (χ0n) is 16.0. The third kappa shape index (κ3) is 5.24. The zero-order chi connectivity index (χ0) is 21.7. The first-order chi connectivity index (χ1) is 14.3. The van der Waals surface area contributed by atoms with E-state index < -0.39 is 35.4 Å². The molecule has 3 rings (SSSR count). The van der Waals surface area contributed by atoms with Crippen molar-refractivity contribution >= 4 is 18.0 Å². The number of hydrazone groups is 1. The van der Waals surface area contributed by atoms with E-state index in [1.807, 2.05) is 30.3 Å². The van der Waals surface area contributed by atoms with E-state index in [4.69, 9.17) is 5.73 Å². The van der Waals surface area contributed by atoms with Crippen LogP contribution in [0.2, 0.25) is 0 Å². The molecule has 0 aliphatic carbocycles. The van der Waals surface area contributed by atoms with Crippen LogP contribution in [0.5, 0.6) is 0 Å². The van der Waals surface area contributed by atoms with Crippen LogP contribution in [0.25, 0.3) is 0 Å². The first-order valence-corrected chi connectivity index (χ1v) is 9.40. The number of nitrogens with zero attached hydrogens (tertiary/aromatic N) is 2. The highest BCUT2D eigenvalue weighted by Crippen LogP contribution is 2.18.